The Morgan fingerprint density at radius 3 is 2.73 bits per heavy atom. The minimum absolute atomic E-state index is 0.0289. The maximum absolute atomic E-state index is 13.5. The van der Waals surface area contributed by atoms with Crippen molar-refractivity contribution in [3.05, 3.63) is 54.3 Å². The average Bonchev–Trinajstić information content (AvgIpc) is 3.05. The van der Waals surface area contributed by atoms with Gasteiger partial charge < -0.3 is 14.5 Å². The summed E-state index contributed by atoms with van der Waals surface area (Å²) >= 11 is 1.07. The van der Waals surface area contributed by atoms with Crippen LogP contribution >= 0.6 is 11.8 Å². The van der Waals surface area contributed by atoms with Crippen LogP contribution < -0.4 is 5.32 Å². The Kier molecular flexibility index (Phi) is 5.52. The van der Waals surface area contributed by atoms with Crippen LogP contribution in [0.4, 0.5) is 10.1 Å². The molecule has 2 aromatic carbocycles. The minimum Gasteiger partial charge on any atom is -0.452 e. The van der Waals surface area contributed by atoms with Gasteiger partial charge in [0.2, 0.25) is 0 Å². The van der Waals surface area contributed by atoms with Crippen molar-refractivity contribution in [2.24, 2.45) is 0 Å². The first-order chi connectivity index (χ1) is 12.5. The topological polar surface area (TPSA) is 81.4 Å². The van der Waals surface area contributed by atoms with Crippen LogP contribution in [0.25, 0.3) is 11.1 Å². The van der Waals surface area contributed by atoms with Gasteiger partial charge in [0.15, 0.2) is 11.7 Å². The molecule has 8 heteroatoms. The van der Waals surface area contributed by atoms with Crippen LogP contribution in [0.2, 0.25) is 0 Å². The highest BCUT2D eigenvalue weighted by molar-refractivity contribution is 7.99. The van der Waals surface area contributed by atoms with E-state index in [-0.39, 0.29) is 11.4 Å². The number of nitrogens with zero attached hydrogens (tertiary/aromatic N) is 1. The molecule has 1 heterocycles. The lowest BCUT2D eigenvalue weighted by Gasteiger charge is -2.13. The van der Waals surface area contributed by atoms with E-state index < -0.39 is 23.8 Å². The first-order valence-corrected chi connectivity index (χ1v) is 8.75. The van der Waals surface area contributed by atoms with Crippen LogP contribution in [-0.2, 0) is 14.3 Å². The predicted molar refractivity (Wildman–Crippen MR) is 95.3 cm³/mol. The summed E-state index contributed by atoms with van der Waals surface area (Å²) in [6.45, 7) is 1.41. The van der Waals surface area contributed by atoms with E-state index in [0.29, 0.717) is 16.3 Å². The fourth-order valence-electron chi connectivity index (χ4n) is 2.12. The molecule has 0 radical (unpaired) electrons. The Bertz CT molecular complexity index is 911. The van der Waals surface area contributed by atoms with E-state index in [0.717, 1.165) is 11.8 Å². The fraction of sp³-hybridized carbons (Fsp3) is 0.167. The van der Waals surface area contributed by atoms with Gasteiger partial charge in [-0.15, -0.1) is 0 Å². The summed E-state index contributed by atoms with van der Waals surface area (Å²) in [7, 11) is 0. The molecule has 26 heavy (non-hydrogen) atoms. The predicted octanol–water partition coefficient (Wildman–Crippen LogP) is 3.63. The van der Waals surface area contributed by atoms with Gasteiger partial charge in [-0.05, 0) is 31.2 Å². The van der Waals surface area contributed by atoms with Crippen LogP contribution in [0.15, 0.2) is 58.2 Å². The van der Waals surface area contributed by atoms with Crippen molar-refractivity contribution in [1.82, 2.24) is 4.98 Å². The standard InChI is InChI=1S/C18H15FN2O4S/c1-11(17(23)20-13-7-3-2-6-12(13)19)24-16(22)10-26-18-21-14-8-4-5-9-15(14)25-18/h2-9,11H,10H2,1H3,(H,20,23)/t11-/m1/s1. The number of ether oxygens (including phenoxy) is 1. The lowest BCUT2D eigenvalue weighted by atomic mass is 10.3. The van der Waals surface area contributed by atoms with Crippen LogP contribution in [-0.4, -0.2) is 28.7 Å². The maximum Gasteiger partial charge on any atom is 0.317 e. The number of para-hydroxylation sites is 3. The minimum atomic E-state index is -1.06. The number of esters is 1. The van der Waals surface area contributed by atoms with E-state index in [2.05, 4.69) is 10.3 Å². The van der Waals surface area contributed by atoms with Crippen molar-refractivity contribution in [3.63, 3.8) is 0 Å². The number of fused-ring (bicyclic) bond motifs is 1. The molecule has 0 aliphatic carbocycles. The third-order valence-electron chi connectivity index (χ3n) is 3.40. The molecule has 1 aromatic heterocycles. The van der Waals surface area contributed by atoms with Gasteiger partial charge >= 0.3 is 5.97 Å². The molecule has 6 nitrogen and oxygen atoms in total. The van der Waals surface area contributed by atoms with Crippen molar-refractivity contribution in [2.45, 2.75) is 18.3 Å². The number of hydrogen-bond acceptors (Lipinski definition) is 6. The zero-order valence-electron chi connectivity index (χ0n) is 13.8. The molecule has 0 saturated carbocycles. The van der Waals surface area contributed by atoms with Crippen LogP contribution in [0.3, 0.4) is 0 Å². The Labute approximate surface area is 152 Å². The molecule has 3 rings (SSSR count). The molecule has 0 aliphatic rings. The molecule has 0 fully saturated rings. The van der Waals surface area contributed by atoms with E-state index in [9.17, 15) is 14.0 Å². The summed E-state index contributed by atoms with van der Waals surface area (Å²) < 4.78 is 24.1. The molecule has 0 saturated heterocycles. The number of nitrogens with one attached hydrogen (secondary N) is 1. The third-order valence-corrected chi connectivity index (χ3v) is 4.20. The number of carbonyl (C=O) groups excluding carboxylic acids is 2. The molecule has 3 aromatic rings. The molecule has 1 atom stereocenters. The number of carbonyl (C=O) groups is 2. The zero-order valence-corrected chi connectivity index (χ0v) is 14.6. The number of benzene rings is 2. The number of aromatic nitrogens is 1. The Balaban J connectivity index is 1.50. The van der Waals surface area contributed by atoms with Gasteiger partial charge in [0.25, 0.3) is 11.1 Å². The van der Waals surface area contributed by atoms with Gasteiger partial charge in [-0.2, -0.15) is 0 Å². The van der Waals surface area contributed by atoms with Crippen molar-refractivity contribution < 1.29 is 23.1 Å². The molecule has 0 spiro atoms. The first-order valence-electron chi connectivity index (χ1n) is 7.76. The van der Waals surface area contributed by atoms with Crippen molar-refractivity contribution in [2.75, 3.05) is 11.1 Å². The highest BCUT2D eigenvalue weighted by Gasteiger charge is 2.19. The summed E-state index contributed by atoms with van der Waals surface area (Å²) in [6, 6.07) is 13.0. The summed E-state index contributed by atoms with van der Waals surface area (Å²) in [6.07, 6.45) is -1.06. The van der Waals surface area contributed by atoms with Gasteiger partial charge in [-0.3, -0.25) is 9.59 Å². The largest absolute Gasteiger partial charge is 0.452 e. The maximum atomic E-state index is 13.5. The number of thioether (sulfide) groups is 1. The average molecular weight is 374 g/mol. The third kappa shape index (κ3) is 4.40. The Hall–Kier alpha value is -2.87. The molecule has 1 amide bonds. The molecule has 0 aliphatic heterocycles. The normalized spacial score (nSPS) is 11.9. The molecule has 0 unspecified atom stereocenters. The summed E-state index contributed by atoms with van der Waals surface area (Å²) in [5.74, 6) is -1.85. The fourth-order valence-corrected chi connectivity index (χ4v) is 2.74. The summed E-state index contributed by atoms with van der Waals surface area (Å²) in [4.78, 5) is 28.1. The molecular weight excluding hydrogens is 359 g/mol. The lowest BCUT2D eigenvalue weighted by molar-refractivity contribution is -0.150. The summed E-state index contributed by atoms with van der Waals surface area (Å²) in [5.41, 5.74) is 1.35. The monoisotopic (exact) mass is 374 g/mol. The highest BCUT2D eigenvalue weighted by atomic mass is 32.2. The van der Waals surface area contributed by atoms with E-state index >= 15 is 0 Å². The number of oxazole rings is 1. The quantitative estimate of drug-likeness (QED) is 0.524. The summed E-state index contributed by atoms with van der Waals surface area (Å²) in [5, 5.41) is 2.72. The second kappa shape index (κ2) is 8.01. The second-order valence-corrected chi connectivity index (χ2v) is 6.26. The number of rotatable bonds is 6. The lowest BCUT2D eigenvalue weighted by Crippen LogP contribution is -2.30. The van der Waals surface area contributed by atoms with E-state index in [1.54, 1.807) is 18.2 Å². The van der Waals surface area contributed by atoms with Crippen molar-refractivity contribution >= 4 is 40.4 Å². The molecule has 1 N–H and O–H groups in total. The van der Waals surface area contributed by atoms with E-state index in [1.165, 1.54) is 25.1 Å². The second-order valence-electron chi connectivity index (χ2n) is 5.34. The van der Waals surface area contributed by atoms with Gasteiger partial charge in [0.05, 0.1) is 5.69 Å². The zero-order chi connectivity index (χ0) is 18.5. The molecule has 134 valence electrons. The number of amides is 1. The van der Waals surface area contributed by atoms with Crippen molar-refractivity contribution in [1.29, 1.82) is 0 Å². The first kappa shape index (κ1) is 17.9. The Morgan fingerprint density at radius 1 is 1.23 bits per heavy atom. The SMILES string of the molecule is C[C@@H](OC(=O)CSc1nc2ccccc2o1)C(=O)Nc1ccccc1F. The number of anilines is 1. The van der Waals surface area contributed by atoms with Gasteiger partial charge in [-0.1, -0.05) is 36.0 Å². The Morgan fingerprint density at radius 2 is 1.96 bits per heavy atom. The highest BCUT2D eigenvalue weighted by Crippen LogP contribution is 2.23. The van der Waals surface area contributed by atoms with Crippen molar-refractivity contribution in [3.8, 4) is 0 Å². The van der Waals surface area contributed by atoms with Crippen LogP contribution in [0, 0.1) is 5.82 Å². The van der Waals surface area contributed by atoms with Crippen LogP contribution in [0.1, 0.15) is 6.92 Å². The van der Waals surface area contributed by atoms with Gasteiger partial charge in [0, 0.05) is 0 Å². The van der Waals surface area contributed by atoms with E-state index in [1.807, 2.05) is 12.1 Å². The van der Waals surface area contributed by atoms with E-state index in [4.69, 9.17) is 9.15 Å². The smallest absolute Gasteiger partial charge is 0.317 e. The van der Waals surface area contributed by atoms with Gasteiger partial charge in [-0.25, -0.2) is 9.37 Å². The van der Waals surface area contributed by atoms with Crippen LogP contribution in [0.5, 0.6) is 0 Å². The van der Waals surface area contributed by atoms with Gasteiger partial charge in [0.1, 0.15) is 17.1 Å². The molecule has 0 bridgehead atoms. The number of halogens is 1. The molecular formula is C18H15FN2O4S. The number of hydrogen-bond donors (Lipinski definition) is 1.